The summed E-state index contributed by atoms with van der Waals surface area (Å²) in [5, 5.41) is 2.91. The van der Waals surface area contributed by atoms with Crippen LogP contribution in [0.3, 0.4) is 0 Å². The molecule has 17 heavy (non-hydrogen) atoms. The minimum absolute atomic E-state index is 0.115. The quantitative estimate of drug-likeness (QED) is 0.779. The van der Waals surface area contributed by atoms with Crippen molar-refractivity contribution in [3.8, 4) is 0 Å². The highest BCUT2D eigenvalue weighted by atomic mass is 35.5. The zero-order valence-electron chi connectivity index (χ0n) is 9.40. The molecule has 1 unspecified atom stereocenters. The molecule has 0 saturated heterocycles. The van der Waals surface area contributed by atoms with Gasteiger partial charge in [-0.05, 0) is 18.6 Å². The lowest BCUT2D eigenvalue weighted by molar-refractivity contribution is 0.0949. The zero-order valence-corrected chi connectivity index (χ0v) is 11.0. The Bertz CT molecular complexity index is 440. The summed E-state index contributed by atoms with van der Waals surface area (Å²) in [6.45, 7) is 0.436. The van der Waals surface area contributed by atoms with E-state index in [2.05, 4.69) is 10.3 Å². The number of carbonyl (C=O) groups excluding carboxylic acids is 1. The Morgan fingerprint density at radius 1 is 1.59 bits per heavy atom. The van der Waals surface area contributed by atoms with Crippen LogP contribution in [0.5, 0.6) is 0 Å². The van der Waals surface area contributed by atoms with Crippen LogP contribution in [0.25, 0.3) is 0 Å². The number of nitrogen functional groups attached to an aromatic ring is 1. The maximum Gasteiger partial charge on any atom is 0.271 e. The molecule has 1 atom stereocenters. The van der Waals surface area contributed by atoms with E-state index >= 15 is 0 Å². The number of nitrogens with zero attached hydrogens (tertiary/aromatic N) is 1. The molecule has 1 aromatic heterocycles. The molecule has 0 fully saturated rings. The Morgan fingerprint density at radius 2 is 2.29 bits per heavy atom. The van der Waals surface area contributed by atoms with E-state index < -0.39 is 10.8 Å². The zero-order chi connectivity index (χ0) is 12.8. The standard InChI is InChI=1S/C10H14ClN3O2S/c1-17(16)6-2-5-13-10(15)9-7(11)3-4-8(12)14-9/h3-4H,2,5-6H2,1H3,(H2,12,14)(H,13,15). The number of halogens is 1. The molecule has 0 aliphatic rings. The molecule has 1 rings (SSSR count). The van der Waals surface area contributed by atoms with Crippen molar-refractivity contribution in [2.75, 3.05) is 24.3 Å². The van der Waals surface area contributed by atoms with Crippen LogP contribution >= 0.6 is 11.6 Å². The first-order chi connectivity index (χ1) is 8.00. The van der Waals surface area contributed by atoms with Gasteiger partial charge in [0.05, 0.1) is 5.02 Å². The average molecular weight is 276 g/mol. The summed E-state index contributed by atoms with van der Waals surface area (Å²) in [6.07, 6.45) is 2.27. The molecule has 1 aromatic rings. The van der Waals surface area contributed by atoms with E-state index in [0.29, 0.717) is 18.7 Å². The lowest BCUT2D eigenvalue weighted by Gasteiger charge is -2.06. The second-order valence-electron chi connectivity index (χ2n) is 3.45. The van der Waals surface area contributed by atoms with Crippen LogP contribution in [0.15, 0.2) is 12.1 Å². The van der Waals surface area contributed by atoms with Crippen molar-refractivity contribution in [2.24, 2.45) is 0 Å². The van der Waals surface area contributed by atoms with Crippen molar-refractivity contribution in [1.29, 1.82) is 0 Å². The van der Waals surface area contributed by atoms with Crippen LogP contribution in [-0.2, 0) is 10.8 Å². The van der Waals surface area contributed by atoms with Gasteiger partial charge in [-0.25, -0.2) is 4.98 Å². The fraction of sp³-hybridized carbons (Fsp3) is 0.400. The lowest BCUT2D eigenvalue weighted by Crippen LogP contribution is -2.26. The second kappa shape index (κ2) is 6.56. The third kappa shape index (κ3) is 4.70. The Kier molecular flexibility index (Phi) is 5.37. The number of pyridine rings is 1. The van der Waals surface area contributed by atoms with Crippen molar-refractivity contribution in [3.63, 3.8) is 0 Å². The fourth-order valence-corrected chi connectivity index (χ4v) is 1.92. The third-order valence-electron chi connectivity index (χ3n) is 1.98. The first-order valence-electron chi connectivity index (χ1n) is 5.01. The summed E-state index contributed by atoms with van der Waals surface area (Å²) >= 11 is 5.83. The average Bonchev–Trinajstić information content (AvgIpc) is 2.27. The van der Waals surface area contributed by atoms with Crippen LogP contribution in [0, 0.1) is 0 Å². The van der Waals surface area contributed by atoms with E-state index in [1.54, 1.807) is 6.26 Å². The number of carbonyl (C=O) groups is 1. The number of nitrogens with two attached hydrogens (primary N) is 1. The van der Waals surface area contributed by atoms with E-state index in [9.17, 15) is 9.00 Å². The van der Waals surface area contributed by atoms with Gasteiger partial charge in [0.1, 0.15) is 11.5 Å². The summed E-state index contributed by atoms with van der Waals surface area (Å²) in [4.78, 5) is 15.5. The minimum Gasteiger partial charge on any atom is -0.384 e. The predicted molar refractivity (Wildman–Crippen MR) is 69.5 cm³/mol. The Balaban J connectivity index is 2.52. The van der Waals surface area contributed by atoms with Crippen LogP contribution in [-0.4, -0.2) is 33.7 Å². The predicted octanol–water partition coefficient (Wildman–Crippen LogP) is 0.816. The van der Waals surface area contributed by atoms with E-state index in [-0.39, 0.29) is 22.4 Å². The molecule has 0 aromatic carbocycles. The highest BCUT2D eigenvalue weighted by molar-refractivity contribution is 7.84. The van der Waals surface area contributed by atoms with Crippen LogP contribution in [0.1, 0.15) is 16.9 Å². The van der Waals surface area contributed by atoms with Gasteiger partial charge in [0.25, 0.3) is 5.91 Å². The van der Waals surface area contributed by atoms with Gasteiger partial charge >= 0.3 is 0 Å². The third-order valence-corrected chi connectivity index (χ3v) is 3.15. The molecular weight excluding hydrogens is 262 g/mol. The summed E-state index contributed by atoms with van der Waals surface area (Å²) in [5.41, 5.74) is 5.58. The Hall–Kier alpha value is -1.14. The van der Waals surface area contributed by atoms with E-state index in [1.165, 1.54) is 12.1 Å². The molecule has 0 spiro atoms. The van der Waals surface area contributed by atoms with Crippen LogP contribution in [0.4, 0.5) is 5.82 Å². The van der Waals surface area contributed by atoms with Gasteiger partial charge in [0, 0.05) is 29.4 Å². The summed E-state index contributed by atoms with van der Waals surface area (Å²) in [7, 11) is -0.846. The Labute approximate surface area is 107 Å². The van der Waals surface area contributed by atoms with Gasteiger partial charge < -0.3 is 11.1 Å². The highest BCUT2D eigenvalue weighted by Gasteiger charge is 2.11. The lowest BCUT2D eigenvalue weighted by atomic mass is 10.3. The molecule has 0 radical (unpaired) electrons. The van der Waals surface area contributed by atoms with Crippen molar-refractivity contribution < 1.29 is 9.00 Å². The van der Waals surface area contributed by atoms with Gasteiger partial charge in [-0.2, -0.15) is 0 Å². The van der Waals surface area contributed by atoms with Gasteiger partial charge in [-0.1, -0.05) is 11.6 Å². The fourth-order valence-electron chi connectivity index (χ4n) is 1.18. The number of aromatic nitrogens is 1. The maximum absolute atomic E-state index is 11.7. The van der Waals surface area contributed by atoms with Gasteiger partial charge in [0.15, 0.2) is 0 Å². The number of rotatable bonds is 5. The van der Waals surface area contributed by atoms with Crippen molar-refractivity contribution in [2.45, 2.75) is 6.42 Å². The first-order valence-corrected chi connectivity index (χ1v) is 7.11. The number of anilines is 1. The summed E-state index contributed by atoms with van der Waals surface area (Å²) < 4.78 is 10.8. The minimum atomic E-state index is -0.846. The molecule has 1 amide bonds. The monoisotopic (exact) mass is 275 g/mol. The van der Waals surface area contributed by atoms with E-state index in [1.807, 2.05) is 0 Å². The number of hydrogen-bond acceptors (Lipinski definition) is 4. The largest absolute Gasteiger partial charge is 0.384 e. The molecule has 0 aliphatic heterocycles. The molecular formula is C10H14ClN3O2S. The smallest absolute Gasteiger partial charge is 0.271 e. The van der Waals surface area contributed by atoms with Crippen molar-refractivity contribution in [1.82, 2.24) is 10.3 Å². The van der Waals surface area contributed by atoms with Crippen LogP contribution in [0.2, 0.25) is 5.02 Å². The topological polar surface area (TPSA) is 85.1 Å². The van der Waals surface area contributed by atoms with Gasteiger partial charge in [-0.3, -0.25) is 9.00 Å². The molecule has 0 saturated carbocycles. The molecule has 7 heteroatoms. The number of hydrogen-bond donors (Lipinski definition) is 2. The number of amides is 1. The van der Waals surface area contributed by atoms with Crippen molar-refractivity contribution >= 4 is 34.1 Å². The highest BCUT2D eigenvalue weighted by Crippen LogP contribution is 2.14. The normalized spacial score (nSPS) is 12.1. The molecule has 5 nitrogen and oxygen atoms in total. The molecule has 0 bridgehead atoms. The van der Waals surface area contributed by atoms with E-state index in [4.69, 9.17) is 17.3 Å². The summed E-state index contributed by atoms with van der Waals surface area (Å²) in [5.74, 6) is 0.427. The van der Waals surface area contributed by atoms with Gasteiger partial charge in [-0.15, -0.1) is 0 Å². The Morgan fingerprint density at radius 3 is 2.94 bits per heavy atom. The first kappa shape index (κ1) is 13.9. The number of nitrogens with one attached hydrogen (secondary N) is 1. The molecule has 0 aliphatic carbocycles. The SMILES string of the molecule is CS(=O)CCCNC(=O)c1nc(N)ccc1Cl. The van der Waals surface area contributed by atoms with E-state index in [0.717, 1.165) is 0 Å². The second-order valence-corrected chi connectivity index (χ2v) is 5.42. The molecule has 94 valence electrons. The summed E-state index contributed by atoms with van der Waals surface area (Å²) in [6, 6.07) is 3.05. The molecule has 3 N–H and O–H groups in total. The van der Waals surface area contributed by atoms with Crippen LogP contribution < -0.4 is 11.1 Å². The van der Waals surface area contributed by atoms with Crippen molar-refractivity contribution in [3.05, 3.63) is 22.8 Å². The maximum atomic E-state index is 11.7. The molecule has 1 heterocycles. The van der Waals surface area contributed by atoms with Gasteiger partial charge in [0.2, 0.25) is 0 Å².